The van der Waals surface area contributed by atoms with Gasteiger partial charge in [-0.25, -0.2) is 13.4 Å². The maximum absolute atomic E-state index is 13.3. The average molecular weight is 436 g/mol. The molecule has 29 heavy (non-hydrogen) atoms. The maximum Gasteiger partial charge on any atom is 0.257 e. The molecule has 0 spiro atoms. The van der Waals surface area contributed by atoms with Crippen molar-refractivity contribution in [3.63, 3.8) is 0 Å². The number of rotatable bonds is 7. The summed E-state index contributed by atoms with van der Waals surface area (Å²) in [6.07, 6.45) is 3.65. The normalized spacial score (nSPS) is 23.7. The van der Waals surface area contributed by atoms with Crippen molar-refractivity contribution in [2.75, 3.05) is 24.6 Å². The van der Waals surface area contributed by atoms with Crippen molar-refractivity contribution in [3.05, 3.63) is 46.5 Å². The fourth-order valence-corrected chi connectivity index (χ4v) is 6.60. The Bertz CT molecular complexity index is 968. The lowest BCUT2D eigenvalue weighted by Crippen LogP contribution is -2.44. The first-order chi connectivity index (χ1) is 14.0. The summed E-state index contributed by atoms with van der Waals surface area (Å²) >= 11 is 1.60. The molecule has 0 saturated carbocycles. The van der Waals surface area contributed by atoms with Crippen LogP contribution in [0.1, 0.15) is 42.9 Å². The van der Waals surface area contributed by atoms with Crippen LogP contribution in [0.3, 0.4) is 0 Å². The standard InChI is InChI=1S/C20H25N3O4S2/c1-2-8-22(15-7-11-29(25,26)14-15)13-20(24)23-17(19-6-4-10-28-19)12-16(21-23)18-5-3-9-27-18/h3-6,9-10,15,17H,2,7-8,11-14H2,1H3. The van der Waals surface area contributed by atoms with Gasteiger partial charge in [0.25, 0.3) is 5.91 Å². The summed E-state index contributed by atoms with van der Waals surface area (Å²) < 4.78 is 29.3. The molecule has 0 aliphatic carbocycles. The number of carbonyl (C=O) groups is 1. The first-order valence-electron chi connectivity index (χ1n) is 9.88. The van der Waals surface area contributed by atoms with E-state index >= 15 is 0 Å². The van der Waals surface area contributed by atoms with Crippen LogP contribution in [0, 0.1) is 0 Å². The third kappa shape index (κ3) is 4.46. The van der Waals surface area contributed by atoms with E-state index in [0.717, 1.165) is 17.0 Å². The van der Waals surface area contributed by atoms with E-state index in [0.29, 0.717) is 25.1 Å². The largest absolute Gasteiger partial charge is 0.463 e. The molecule has 7 nitrogen and oxygen atoms in total. The van der Waals surface area contributed by atoms with Crippen LogP contribution in [0.2, 0.25) is 0 Å². The number of furan rings is 1. The number of hydrogen-bond donors (Lipinski definition) is 0. The van der Waals surface area contributed by atoms with E-state index in [9.17, 15) is 13.2 Å². The molecule has 0 N–H and O–H groups in total. The highest BCUT2D eigenvalue weighted by Crippen LogP contribution is 2.35. The van der Waals surface area contributed by atoms with Gasteiger partial charge in [-0.15, -0.1) is 11.3 Å². The number of amides is 1. The topological polar surface area (TPSA) is 83.2 Å². The van der Waals surface area contributed by atoms with Gasteiger partial charge in [-0.05, 0) is 43.0 Å². The van der Waals surface area contributed by atoms with Crippen molar-refractivity contribution < 1.29 is 17.6 Å². The number of sulfone groups is 1. The van der Waals surface area contributed by atoms with E-state index in [4.69, 9.17) is 4.42 Å². The lowest BCUT2D eigenvalue weighted by Gasteiger charge is -2.29. The number of hydrazone groups is 1. The van der Waals surface area contributed by atoms with Crippen molar-refractivity contribution in [2.24, 2.45) is 5.10 Å². The summed E-state index contributed by atoms with van der Waals surface area (Å²) in [7, 11) is -3.00. The second kappa shape index (κ2) is 8.41. The first kappa shape index (κ1) is 20.3. The van der Waals surface area contributed by atoms with Gasteiger partial charge in [0, 0.05) is 17.3 Å². The third-order valence-corrected chi connectivity index (χ3v) is 8.14. The van der Waals surface area contributed by atoms with Crippen molar-refractivity contribution in [2.45, 2.75) is 38.3 Å². The first-order valence-corrected chi connectivity index (χ1v) is 12.6. The molecule has 2 aromatic rings. The van der Waals surface area contributed by atoms with Crippen LogP contribution in [0.5, 0.6) is 0 Å². The molecule has 0 bridgehead atoms. The van der Waals surface area contributed by atoms with Crippen LogP contribution < -0.4 is 0 Å². The molecule has 2 atom stereocenters. The van der Waals surface area contributed by atoms with Crippen LogP contribution in [-0.2, 0) is 14.6 Å². The predicted molar refractivity (Wildman–Crippen MR) is 113 cm³/mol. The molecule has 156 valence electrons. The van der Waals surface area contributed by atoms with Crippen LogP contribution >= 0.6 is 11.3 Å². The Labute approximate surface area is 174 Å². The van der Waals surface area contributed by atoms with Crippen LogP contribution in [-0.4, -0.2) is 60.6 Å². The predicted octanol–water partition coefficient (Wildman–Crippen LogP) is 2.92. The minimum absolute atomic E-state index is 0.0970. The highest BCUT2D eigenvalue weighted by Gasteiger charge is 2.37. The van der Waals surface area contributed by atoms with Crippen molar-refractivity contribution >= 4 is 32.8 Å². The monoisotopic (exact) mass is 435 g/mol. The van der Waals surface area contributed by atoms with E-state index in [1.807, 2.05) is 41.5 Å². The molecule has 2 aliphatic heterocycles. The van der Waals surface area contributed by atoms with Crippen molar-refractivity contribution in [1.29, 1.82) is 0 Å². The zero-order chi connectivity index (χ0) is 20.4. The highest BCUT2D eigenvalue weighted by molar-refractivity contribution is 7.91. The Kier molecular flexibility index (Phi) is 5.89. The lowest BCUT2D eigenvalue weighted by molar-refractivity contribution is -0.134. The molecule has 4 rings (SSSR count). The Balaban J connectivity index is 1.55. The Hall–Kier alpha value is -1.97. The lowest BCUT2D eigenvalue weighted by atomic mass is 10.1. The minimum Gasteiger partial charge on any atom is -0.463 e. The van der Waals surface area contributed by atoms with Gasteiger partial charge < -0.3 is 4.42 Å². The molecular weight excluding hydrogens is 410 g/mol. The van der Waals surface area contributed by atoms with Crippen LogP contribution in [0.25, 0.3) is 0 Å². The number of nitrogens with zero attached hydrogens (tertiary/aromatic N) is 3. The highest BCUT2D eigenvalue weighted by atomic mass is 32.2. The molecule has 1 amide bonds. The summed E-state index contributed by atoms with van der Waals surface area (Å²) in [5.74, 6) is 0.904. The zero-order valence-electron chi connectivity index (χ0n) is 16.4. The molecule has 0 radical (unpaired) electrons. The smallest absolute Gasteiger partial charge is 0.257 e. The van der Waals surface area contributed by atoms with Gasteiger partial charge in [0.15, 0.2) is 9.84 Å². The van der Waals surface area contributed by atoms with Gasteiger partial charge in [0.1, 0.15) is 11.5 Å². The van der Waals surface area contributed by atoms with Gasteiger partial charge in [-0.3, -0.25) is 9.69 Å². The number of thiophene rings is 1. The second-order valence-corrected chi connectivity index (χ2v) is 10.7. The zero-order valence-corrected chi connectivity index (χ0v) is 18.0. The average Bonchev–Trinajstić information content (AvgIpc) is 3.45. The third-order valence-electron chi connectivity index (χ3n) is 5.42. The van der Waals surface area contributed by atoms with Crippen molar-refractivity contribution in [1.82, 2.24) is 9.91 Å². The van der Waals surface area contributed by atoms with Gasteiger partial charge in [0.05, 0.1) is 30.4 Å². The molecule has 9 heteroatoms. The van der Waals surface area contributed by atoms with Gasteiger partial charge in [-0.2, -0.15) is 5.10 Å². The van der Waals surface area contributed by atoms with E-state index in [-0.39, 0.29) is 36.0 Å². The molecule has 4 heterocycles. The summed E-state index contributed by atoms with van der Waals surface area (Å²) in [4.78, 5) is 16.4. The van der Waals surface area contributed by atoms with Crippen LogP contribution in [0.15, 0.2) is 45.4 Å². The maximum atomic E-state index is 13.3. The summed E-state index contributed by atoms with van der Waals surface area (Å²) in [5, 5.41) is 8.17. The Morgan fingerprint density at radius 2 is 2.24 bits per heavy atom. The van der Waals surface area contributed by atoms with Gasteiger partial charge in [-0.1, -0.05) is 13.0 Å². The van der Waals surface area contributed by atoms with E-state index in [1.165, 1.54) is 0 Å². The molecule has 1 saturated heterocycles. The SMILES string of the molecule is CCCN(CC(=O)N1N=C(c2ccco2)CC1c1cccs1)C1CCS(=O)(=O)C1. The van der Waals surface area contributed by atoms with Crippen LogP contribution in [0.4, 0.5) is 0 Å². The minimum atomic E-state index is -3.00. The Morgan fingerprint density at radius 1 is 1.38 bits per heavy atom. The quantitative estimate of drug-likeness (QED) is 0.668. The second-order valence-electron chi connectivity index (χ2n) is 7.52. The Morgan fingerprint density at radius 3 is 2.86 bits per heavy atom. The fraction of sp³-hybridized carbons (Fsp3) is 0.500. The van der Waals surface area contributed by atoms with Gasteiger partial charge in [0.2, 0.25) is 0 Å². The van der Waals surface area contributed by atoms with E-state index in [2.05, 4.69) is 5.10 Å². The fourth-order valence-electron chi connectivity index (χ4n) is 4.02. The molecule has 2 aromatic heterocycles. The molecule has 0 aromatic carbocycles. The van der Waals surface area contributed by atoms with Crippen molar-refractivity contribution in [3.8, 4) is 0 Å². The number of hydrogen-bond acceptors (Lipinski definition) is 7. The summed E-state index contributed by atoms with van der Waals surface area (Å²) in [6, 6.07) is 7.40. The number of carbonyl (C=O) groups excluding carboxylic acids is 1. The molecule has 1 fully saturated rings. The van der Waals surface area contributed by atoms with E-state index < -0.39 is 9.84 Å². The summed E-state index contributed by atoms with van der Waals surface area (Å²) in [6.45, 7) is 2.90. The van der Waals surface area contributed by atoms with E-state index in [1.54, 1.807) is 22.6 Å². The molecular formula is C20H25N3O4S2. The molecule has 2 aliphatic rings. The van der Waals surface area contributed by atoms with Gasteiger partial charge >= 0.3 is 0 Å². The molecule has 2 unspecified atom stereocenters. The summed E-state index contributed by atoms with van der Waals surface area (Å²) in [5.41, 5.74) is 0.757.